The van der Waals surface area contributed by atoms with Gasteiger partial charge in [-0.1, -0.05) is 11.8 Å². The van der Waals surface area contributed by atoms with Gasteiger partial charge in [-0.15, -0.1) is 0 Å². The van der Waals surface area contributed by atoms with Crippen LogP contribution in [-0.4, -0.2) is 23.0 Å². The van der Waals surface area contributed by atoms with Gasteiger partial charge in [0.1, 0.15) is 0 Å². The number of hydrogen-bond donors (Lipinski definition) is 0. The van der Waals surface area contributed by atoms with E-state index in [1.54, 1.807) is 0 Å². The van der Waals surface area contributed by atoms with E-state index >= 15 is 0 Å². The van der Waals surface area contributed by atoms with Crippen LogP contribution in [0.3, 0.4) is 0 Å². The van der Waals surface area contributed by atoms with Crippen molar-refractivity contribution < 1.29 is 18.0 Å². The van der Waals surface area contributed by atoms with Crippen molar-refractivity contribution in [1.29, 1.82) is 0 Å². The highest BCUT2D eigenvalue weighted by Gasteiger charge is 2.44. The number of halogens is 3. The van der Waals surface area contributed by atoms with Crippen LogP contribution < -0.4 is 0 Å². The van der Waals surface area contributed by atoms with Crippen molar-refractivity contribution in [3.8, 4) is 0 Å². The first kappa shape index (κ1) is 9.51. The number of thioether (sulfide) groups is 1. The molecule has 0 aromatic heterocycles. The lowest BCUT2D eigenvalue weighted by atomic mass is 10.1. The van der Waals surface area contributed by atoms with Crippen molar-refractivity contribution in [2.45, 2.75) is 11.6 Å². The molecule has 0 amide bonds. The quantitative estimate of drug-likeness (QED) is 0.584. The summed E-state index contributed by atoms with van der Waals surface area (Å²) in [4.78, 5) is 14.6. The highest BCUT2D eigenvalue weighted by atomic mass is 32.2. The number of allylic oxidation sites excluding steroid dienone is 4. The van der Waals surface area contributed by atoms with Gasteiger partial charge in [-0.25, -0.2) is 0 Å². The Hall–Kier alpha value is -1.04. The molecule has 0 spiro atoms. The smallest absolute Gasteiger partial charge is 0.290 e. The molecular formula is C8H4F3NOS. The lowest BCUT2D eigenvalue weighted by Gasteiger charge is -2.09. The Morgan fingerprint density at radius 1 is 1.36 bits per heavy atom. The van der Waals surface area contributed by atoms with Gasteiger partial charge >= 0.3 is 6.18 Å². The fourth-order valence-corrected chi connectivity index (χ4v) is 2.07. The van der Waals surface area contributed by atoms with Gasteiger partial charge in [-0.05, 0) is 12.2 Å². The van der Waals surface area contributed by atoms with Crippen LogP contribution in [0.2, 0.25) is 0 Å². The summed E-state index contributed by atoms with van der Waals surface area (Å²) in [5.74, 6) is -0.297. The standard InChI is InChI=1S/C8H4F3NOS/c9-8(10,11)7-12-5-2-1-4(13)3-6(5)14-7/h1-3,7H. The summed E-state index contributed by atoms with van der Waals surface area (Å²) >= 11 is 0.566. The third kappa shape index (κ3) is 1.61. The van der Waals surface area contributed by atoms with E-state index in [0.29, 0.717) is 16.7 Å². The van der Waals surface area contributed by atoms with Crippen LogP contribution in [0.4, 0.5) is 13.2 Å². The first-order chi connectivity index (χ1) is 6.47. The average molecular weight is 219 g/mol. The molecule has 6 heteroatoms. The normalized spacial score (nSPS) is 25.9. The van der Waals surface area contributed by atoms with Crippen LogP contribution in [0.1, 0.15) is 0 Å². The van der Waals surface area contributed by atoms with Crippen LogP contribution in [0.15, 0.2) is 28.1 Å². The molecular weight excluding hydrogens is 215 g/mol. The molecule has 2 aliphatic rings. The summed E-state index contributed by atoms with van der Waals surface area (Å²) < 4.78 is 36.7. The number of nitrogens with zero attached hydrogens (tertiary/aromatic N) is 1. The first-order valence-corrected chi connectivity index (χ1v) is 4.60. The monoisotopic (exact) mass is 219 g/mol. The second-order valence-electron chi connectivity index (χ2n) is 2.77. The maximum absolute atomic E-state index is 12.2. The Balaban J connectivity index is 2.29. The summed E-state index contributed by atoms with van der Waals surface area (Å²) in [6.07, 6.45) is -0.653. The second kappa shape index (κ2) is 2.98. The molecule has 0 aromatic carbocycles. The average Bonchev–Trinajstić information content (AvgIpc) is 2.45. The summed E-state index contributed by atoms with van der Waals surface area (Å²) in [6.45, 7) is 0. The van der Waals surface area contributed by atoms with Crippen molar-refractivity contribution in [2.24, 2.45) is 4.99 Å². The fraction of sp³-hybridized carbons (Fsp3) is 0.250. The first-order valence-electron chi connectivity index (χ1n) is 3.72. The molecule has 0 saturated carbocycles. The molecule has 14 heavy (non-hydrogen) atoms. The van der Waals surface area contributed by atoms with Gasteiger partial charge in [0, 0.05) is 11.0 Å². The highest BCUT2D eigenvalue weighted by molar-refractivity contribution is 8.05. The second-order valence-corrected chi connectivity index (χ2v) is 3.89. The van der Waals surface area contributed by atoms with E-state index in [1.807, 2.05) is 0 Å². The summed E-state index contributed by atoms with van der Waals surface area (Å²) in [6, 6.07) is 0. The SMILES string of the molecule is O=C1C=CC2=NC(C(F)(F)F)SC2=C1. The number of carbonyl (C=O) groups excluding carboxylic acids is 1. The summed E-state index contributed by atoms with van der Waals surface area (Å²) in [5, 5.41) is -1.76. The maximum Gasteiger partial charge on any atom is 0.420 e. The van der Waals surface area contributed by atoms with E-state index in [2.05, 4.69) is 4.99 Å². The molecule has 0 aromatic rings. The predicted octanol–water partition coefficient (Wildman–Crippen LogP) is 2.09. The maximum atomic E-state index is 12.2. The summed E-state index contributed by atoms with van der Waals surface area (Å²) in [5.41, 5.74) is 0.247. The van der Waals surface area contributed by atoms with Crippen molar-refractivity contribution in [2.75, 3.05) is 0 Å². The number of rotatable bonds is 0. The van der Waals surface area contributed by atoms with Crippen LogP contribution in [-0.2, 0) is 4.79 Å². The molecule has 1 unspecified atom stereocenters. The molecule has 0 fully saturated rings. The van der Waals surface area contributed by atoms with Gasteiger partial charge in [-0.2, -0.15) is 13.2 Å². The highest BCUT2D eigenvalue weighted by Crippen LogP contribution is 2.41. The lowest BCUT2D eigenvalue weighted by molar-refractivity contribution is -0.126. The summed E-state index contributed by atoms with van der Waals surface area (Å²) in [7, 11) is 0. The number of alkyl halides is 3. The minimum Gasteiger partial charge on any atom is -0.290 e. The lowest BCUT2D eigenvalue weighted by Crippen LogP contribution is -2.21. The van der Waals surface area contributed by atoms with Crippen molar-refractivity contribution in [1.82, 2.24) is 0 Å². The molecule has 1 atom stereocenters. The van der Waals surface area contributed by atoms with E-state index in [-0.39, 0.29) is 11.5 Å². The van der Waals surface area contributed by atoms with E-state index in [0.717, 1.165) is 0 Å². The van der Waals surface area contributed by atoms with Crippen molar-refractivity contribution in [3.63, 3.8) is 0 Å². The Labute approximate surface area is 81.6 Å². The third-order valence-corrected chi connectivity index (χ3v) is 2.88. The Morgan fingerprint density at radius 2 is 2.07 bits per heavy atom. The van der Waals surface area contributed by atoms with Crippen molar-refractivity contribution >= 4 is 23.3 Å². The zero-order valence-corrected chi connectivity index (χ0v) is 7.52. The van der Waals surface area contributed by atoms with Gasteiger partial charge in [0.2, 0.25) is 0 Å². The van der Waals surface area contributed by atoms with Gasteiger partial charge in [-0.3, -0.25) is 9.79 Å². The molecule has 1 heterocycles. The van der Waals surface area contributed by atoms with Crippen molar-refractivity contribution in [3.05, 3.63) is 23.1 Å². The number of ketones is 1. The molecule has 0 saturated heterocycles. The zero-order chi connectivity index (χ0) is 10.3. The molecule has 2 nitrogen and oxygen atoms in total. The molecule has 0 bridgehead atoms. The van der Waals surface area contributed by atoms with E-state index in [9.17, 15) is 18.0 Å². The Bertz CT molecular complexity index is 381. The van der Waals surface area contributed by atoms with E-state index in [1.165, 1.54) is 18.2 Å². The topological polar surface area (TPSA) is 29.4 Å². The Morgan fingerprint density at radius 3 is 2.71 bits per heavy atom. The number of hydrogen-bond acceptors (Lipinski definition) is 3. The molecule has 1 aliphatic carbocycles. The predicted molar refractivity (Wildman–Crippen MR) is 47.1 cm³/mol. The van der Waals surface area contributed by atoms with Crippen LogP contribution in [0, 0.1) is 0 Å². The minimum absolute atomic E-state index is 0.247. The molecule has 1 aliphatic heterocycles. The van der Waals surface area contributed by atoms with Gasteiger partial charge < -0.3 is 0 Å². The Kier molecular flexibility index (Phi) is 2.02. The molecule has 0 N–H and O–H groups in total. The minimum atomic E-state index is -4.35. The van der Waals surface area contributed by atoms with Crippen LogP contribution in [0.5, 0.6) is 0 Å². The number of aliphatic imine (C=N–C) groups is 1. The zero-order valence-electron chi connectivity index (χ0n) is 6.71. The fourth-order valence-electron chi connectivity index (χ4n) is 1.11. The van der Waals surface area contributed by atoms with E-state index < -0.39 is 11.6 Å². The largest absolute Gasteiger partial charge is 0.420 e. The van der Waals surface area contributed by atoms with Crippen LogP contribution in [0.25, 0.3) is 0 Å². The third-order valence-electron chi connectivity index (χ3n) is 1.71. The van der Waals surface area contributed by atoms with E-state index in [4.69, 9.17) is 0 Å². The van der Waals surface area contributed by atoms with Gasteiger partial charge in [0.05, 0.1) is 5.71 Å². The molecule has 2 rings (SSSR count). The number of fused-ring (bicyclic) bond motifs is 1. The molecule has 74 valence electrons. The molecule has 0 radical (unpaired) electrons. The number of carbonyl (C=O) groups is 1. The van der Waals surface area contributed by atoms with Gasteiger partial charge in [0.15, 0.2) is 11.2 Å². The van der Waals surface area contributed by atoms with Gasteiger partial charge in [0.25, 0.3) is 0 Å². The van der Waals surface area contributed by atoms with Crippen LogP contribution >= 0.6 is 11.8 Å².